The molecule has 6 nitrogen and oxygen atoms in total. The van der Waals surface area contributed by atoms with Crippen LogP contribution in [0.2, 0.25) is 0 Å². The number of phenols is 4. The average molecular weight is 286 g/mol. The molecule has 0 spiro atoms. The van der Waals surface area contributed by atoms with Crippen molar-refractivity contribution in [3.05, 3.63) is 47.2 Å². The van der Waals surface area contributed by atoms with Gasteiger partial charge in [-0.15, -0.1) is 0 Å². The number of Topliss-reactive ketones (excluding diaryl/α,β-unsaturated/α-hetero) is 1. The second kappa shape index (κ2) is 4.45. The molecule has 4 N–H and O–H groups in total. The van der Waals surface area contributed by atoms with Gasteiger partial charge < -0.3 is 25.2 Å². The van der Waals surface area contributed by atoms with Gasteiger partial charge in [-0.1, -0.05) is 12.1 Å². The van der Waals surface area contributed by atoms with Gasteiger partial charge in [-0.05, 0) is 23.8 Å². The van der Waals surface area contributed by atoms with Crippen LogP contribution in [-0.2, 0) is 0 Å². The van der Waals surface area contributed by atoms with Crippen molar-refractivity contribution in [3.8, 4) is 28.7 Å². The number of hydrogen-bond acceptors (Lipinski definition) is 6. The van der Waals surface area contributed by atoms with E-state index in [-0.39, 0.29) is 22.8 Å². The van der Waals surface area contributed by atoms with Gasteiger partial charge in [0, 0.05) is 6.07 Å². The summed E-state index contributed by atoms with van der Waals surface area (Å²) in [7, 11) is 0. The lowest BCUT2D eigenvalue weighted by Gasteiger charge is -2.03. The zero-order chi connectivity index (χ0) is 15.1. The summed E-state index contributed by atoms with van der Waals surface area (Å²) in [5.41, 5.74) is 0.409. The lowest BCUT2D eigenvalue weighted by Crippen LogP contribution is -1.98. The van der Waals surface area contributed by atoms with Gasteiger partial charge in [-0.25, -0.2) is 0 Å². The minimum absolute atomic E-state index is 0.0298. The van der Waals surface area contributed by atoms with E-state index in [4.69, 9.17) is 4.74 Å². The molecule has 3 rings (SSSR count). The fourth-order valence-electron chi connectivity index (χ4n) is 2.03. The monoisotopic (exact) mass is 286 g/mol. The molecular formula is C15H10O6. The van der Waals surface area contributed by atoms with Crippen molar-refractivity contribution in [2.75, 3.05) is 0 Å². The highest BCUT2D eigenvalue weighted by Gasteiger charge is 2.33. The molecule has 2 aromatic rings. The SMILES string of the molecule is O=C1C(=Cc2ccc(O)cc2)Oc2cc(O)c(O)c(O)c21. The van der Waals surface area contributed by atoms with Crippen LogP contribution in [0, 0.1) is 0 Å². The zero-order valence-corrected chi connectivity index (χ0v) is 10.6. The quantitative estimate of drug-likeness (QED) is 0.472. The Balaban J connectivity index is 2.04. The van der Waals surface area contributed by atoms with Gasteiger partial charge in [0.05, 0.1) is 0 Å². The van der Waals surface area contributed by atoms with Crippen molar-refractivity contribution in [2.24, 2.45) is 0 Å². The van der Waals surface area contributed by atoms with Crippen LogP contribution in [0.5, 0.6) is 28.7 Å². The number of fused-ring (bicyclic) bond motifs is 1. The minimum atomic E-state index is -0.767. The molecule has 0 bridgehead atoms. The Morgan fingerprint density at radius 3 is 2.29 bits per heavy atom. The van der Waals surface area contributed by atoms with Gasteiger partial charge in [-0.2, -0.15) is 0 Å². The molecule has 1 heterocycles. The largest absolute Gasteiger partial charge is 0.508 e. The van der Waals surface area contributed by atoms with Gasteiger partial charge in [-0.3, -0.25) is 4.79 Å². The molecule has 0 amide bonds. The Morgan fingerprint density at radius 2 is 1.62 bits per heavy atom. The van der Waals surface area contributed by atoms with Crippen LogP contribution >= 0.6 is 0 Å². The van der Waals surface area contributed by atoms with E-state index in [0.29, 0.717) is 5.56 Å². The van der Waals surface area contributed by atoms with Gasteiger partial charge >= 0.3 is 0 Å². The standard InChI is InChI=1S/C15H10O6/c16-8-3-1-7(2-4-8)5-11-14(19)12-10(21-11)6-9(17)13(18)15(12)20/h1-6,16-18,20H. The van der Waals surface area contributed by atoms with Crippen molar-refractivity contribution >= 4 is 11.9 Å². The molecule has 0 saturated heterocycles. The first-order valence-corrected chi connectivity index (χ1v) is 5.98. The second-order valence-corrected chi connectivity index (χ2v) is 4.50. The van der Waals surface area contributed by atoms with E-state index in [1.54, 1.807) is 12.1 Å². The number of ketones is 1. The molecule has 1 aliphatic rings. The average Bonchev–Trinajstić information content (AvgIpc) is 2.75. The third kappa shape index (κ3) is 2.02. The van der Waals surface area contributed by atoms with Gasteiger partial charge in [0.25, 0.3) is 0 Å². The van der Waals surface area contributed by atoms with Crippen LogP contribution < -0.4 is 4.74 Å². The maximum atomic E-state index is 12.2. The summed E-state index contributed by atoms with van der Waals surface area (Å²) >= 11 is 0. The zero-order valence-electron chi connectivity index (χ0n) is 10.6. The van der Waals surface area contributed by atoms with E-state index in [9.17, 15) is 25.2 Å². The smallest absolute Gasteiger partial charge is 0.235 e. The number of rotatable bonds is 1. The van der Waals surface area contributed by atoms with Crippen LogP contribution in [-0.4, -0.2) is 26.2 Å². The fourth-order valence-corrected chi connectivity index (χ4v) is 2.03. The molecule has 0 aromatic heterocycles. The van der Waals surface area contributed by atoms with Crippen molar-refractivity contribution in [1.29, 1.82) is 0 Å². The number of carbonyl (C=O) groups is 1. The Labute approximate surface area is 118 Å². The van der Waals surface area contributed by atoms with Crippen molar-refractivity contribution in [1.82, 2.24) is 0 Å². The highest BCUT2D eigenvalue weighted by Crippen LogP contribution is 2.47. The molecule has 6 heteroatoms. The topological polar surface area (TPSA) is 107 Å². The van der Waals surface area contributed by atoms with E-state index in [1.807, 2.05) is 0 Å². The van der Waals surface area contributed by atoms with Gasteiger partial charge in [0.2, 0.25) is 11.5 Å². The molecule has 0 saturated carbocycles. The molecule has 1 aliphatic heterocycles. The molecule has 0 fully saturated rings. The first-order valence-electron chi connectivity index (χ1n) is 5.98. The predicted octanol–water partition coefficient (Wildman–Crippen LogP) is 2.13. The van der Waals surface area contributed by atoms with Crippen LogP contribution in [0.25, 0.3) is 6.08 Å². The normalized spacial score (nSPS) is 15.0. The first-order chi connectivity index (χ1) is 9.97. The lowest BCUT2D eigenvalue weighted by atomic mass is 10.1. The Bertz CT molecular complexity index is 774. The summed E-state index contributed by atoms with van der Waals surface area (Å²) in [5, 5.41) is 37.8. The number of phenolic OH excluding ortho intramolecular Hbond substituents is 4. The third-order valence-corrected chi connectivity index (χ3v) is 3.08. The summed E-state index contributed by atoms with van der Waals surface area (Å²) in [5.74, 6) is -2.67. The fraction of sp³-hybridized carbons (Fsp3) is 0. The maximum Gasteiger partial charge on any atom is 0.235 e. The number of hydrogen-bond donors (Lipinski definition) is 4. The lowest BCUT2D eigenvalue weighted by molar-refractivity contribution is 0.101. The van der Waals surface area contributed by atoms with Gasteiger partial charge in [0.15, 0.2) is 17.3 Å². The summed E-state index contributed by atoms with van der Waals surface area (Å²) in [6.07, 6.45) is 1.43. The van der Waals surface area contributed by atoms with E-state index in [0.717, 1.165) is 6.07 Å². The third-order valence-electron chi connectivity index (χ3n) is 3.08. The summed E-state index contributed by atoms with van der Waals surface area (Å²) in [6.45, 7) is 0. The predicted molar refractivity (Wildman–Crippen MR) is 72.5 cm³/mol. The molecule has 0 radical (unpaired) electrons. The summed E-state index contributed by atoms with van der Waals surface area (Å²) in [4.78, 5) is 12.2. The minimum Gasteiger partial charge on any atom is -0.508 e. The maximum absolute atomic E-state index is 12.2. The van der Waals surface area contributed by atoms with E-state index in [2.05, 4.69) is 0 Å². The molecule has 21 heavy (non-hydrogen) atoms. The number of benzene rings is 2. The Morgan fingerprint density at radius 1 is 0.952 bits per heavy atom. The van der Waals surface area contributed by atoms with Crippen molar-refractivity contribution < 1.29 is 30.0 Å². The number of carbonyl (C=O) groups excluding carboxylic acids is 1. The molecular weight excluding hydrogens is 276 g/mol. The van der Waals surface area contributed by atoms with Crippen LogP contribution in [0.15, 0.2) is 36.1 Å². The second-order valence-electron chi connectivity index (χ2n) is 4.50. The molecule has 0 atom stereocenters. The van der Waals surface area contributed by atoms with Crippen molar-refractivity contribution in [2.45, 2.75) is 0 Å². The number of ether oxygens (including phenoxy) is 1. The number of allylic oxidation sites excluding steroid dienone is 1. The first kappa shape index (κ1) is 12.9. The van der Waals surface area contributed by atoms with Crippen LogP contribution in [0.4, 0.5) is 0 Å². The highest BCUT2D eigenvalue weighted by atomic mass is 16.5. The molecule has 2 aromatic carbocycles. The highest BCUT2D eigenvalue weighted by molar-refractivity contribution is 6.16. The van der Waals surface area contributed by atoms with E-state index < -0.39 is 23.0 Å². The Hall–Kier alpha value is -3.15. The Kier molecular flexibility index (Phi) is 2.72. The van der Waals surface area contributed by atoms with E-state index >= 15 is 0 Å². The summed E-state index contributed by atoms with van der Waals surface area (Å²) < 4.78 is 5.29. The van der Waals surface area contributed by atoms with Crippen LogP contribution in [0.1, 0.15) is 15.9 Å². The van der Waals surface area contributed by atoms with E-state index in [1.165, 1.54) is 18.2 Å². The molecule has 0 unspecified atom stereocenters. The summed E-state index contributed by atoms with van der Waals surface area (Å²) in [6, 6.07) is 7.12. The van der Waals surface area contributed by atoms with Crippen LogP contribution in [0.3, 0.4) is 0 Å². The van der Waals surface area contributed by atoms with Crippen molar-refractivity contribution in [3.63, 3.8) is 0 Å². The number of aromatic hydroxyl groups is 4. The molecule has 0 aliphatic carbocycles. The van der Waals surface area contributed by atoms with Gasteiger partial charge in [0.1, 0.15) is 17.1 Å². The molecule has 106 valence electrons.